The first-order valence-electron chi connectivity index (χ1n) is 12.2. The van der Waals surface area contributed by atoms with Gasteiger partial charge in [-0.1, -0.05) is 66.2 Å². The number of allylic oxidation sites excluding steroid dienone is 1. The van der Waals surface area contributed by atoms with Gasteiger partial charge < -0.3 is 19.5 Å². The van der Waals surface area contributed by atoms with Crippen molar-refractivity contribution in [3.8, 4) is 11.5 Å². The minimum absolute atomic E-state index is 0.367. The lowest BCUT2D eigenvalue weighted by molar-refractivity contribution is -0.139. The topological polar surface area (TPSA) is 87.5 Å². The number of anilines is 1. The molecule has 4 rings (SSSR count). The molecule has 3 aromatic rings. The average Bonchev–Trinajstić information content (AvgIpc) is 3.29. The summed E-state index contributed by atoms with van der Waals surface area (Å²) < 4.78 is 20.1. The Labute approximate surface area is 229 Å². The number of carbonyl (C=O) groups is 1. The molecule has 0 fully saturated rings. The molecule has 1 aliphatic heterocycles. The van der Waals surface area contributed by atoms with E-state index in [0.717, 1.165) is 34.2 Å². The molecule has 0 bridgehead atoms. The van der Waals surface area contributed by atoms with Gasteiger partial charge in [-0.05, 0) is 54.5 Å². The predicted octanol–water partition coefficient (Wildman–Crippen LogP) is 6.37. The number of halogens is 1. The van der Waals surface area contributed by atoms with E-state index in [1.54, 1.807) is 23.6 Å². The van der Waals surface area contributed by atoms with Crippen molar-refractivity contribution in [2.24, 2.45) is 0 Å². The number of hydrogen-bond acceptors (Lipinski definition) is 8. The molecule has 8 nitrogen and oxygen atoms in total. The van der Waals surface area contributed by atoms with Crippen LogP contribution in [-0.4, -0.2) is 40.2 Å². The molecule has 0 saturated heterocycles. The van der Waals surface area contributed by atoms with Crippen LogP contribution in [0.5, 0.6) is 11.5 Å². The molecular weight excluding hydrogens is 556 g/mol. The quantitative estimate of drug-likeness (QED) is 0.157. The predicted molar refractivity (Wildman–Crippen MR) is 148 cm³/mol. The summed E-state index contributed by atoms with van der Waals surface area (Å²) in [5.74, 6) is 2.22. The lowest BCUT2D eigenvalue weighted by Gasteiger charge is -2.28. The van der Waals surface area contributed by atoms with Crippen molar-refractivity contribution in [2.75, 3.05) is 24.8 Å². The number of hydrogen-bond donors (Lipinski definition) is 1. The third-order valence-corrected chi connectivity index (χ3v) is 7.12. The van der Waals surface area contributed by atoms with E-state index < -0.39 is 6.04 Å². The first-order valence-corrected chi connectivity index (χ1v) is 14.0. The summed E-state index contributed by atoms with van der Waals surface area (Å²) >= 11 is 5.00. The van der Waals surface area contributed by atoms with Gasteiger partial charge in [-0.25, -0.2) is 9.48 Å². The maximum Gasteiger partial charge on any atom is 0.338 e. The van der Waals surface area contributed by atoms with Crippen LogP contribution in [0.15, 0.2) is 63.4 Å². The molecule has 1 unspecified atom stereocenters. The molecule has 1 aromatic heterocycles. The molecule has 0 spiro atoms. The van der Waals surface area contributed by atoms with E-state index in [0.29, 0.717) is 47.1 Å². The maximum absolute atomic E-state index is 13.3. The lowest BCUT2D eigenvalue weighted by atomic mass is 9.95. The first kappa shape index (κ1) is 27.1. The molecule has 1 aliphatic rings. The fourth-order valence-electron chi connectivity index (χ4n) is 4.00. The number of nitrogens with one attached hydrogen (secondary N) is 1. The minimum atomic E-state index is -0.529. The summed E-state index contributed by atoms with van der Waals surface area (Å²) in [4.78, 5) is 17.9. The highest BCUT2D eigenvalue weighted by Gasteiger charge is 2.35. The molecule has 2 aromatic carbocycles. The van der Waals surface area contributed by atoms with E-state index >= 15 is 0 Å². The summed E-state index contributed by atoms with van der Waals surface area (Å²) in [6.07, 6.45) is 1.75. The normalized spacial score (nSPS) is 14.7. The summed E-state index contributed by atoms with van der Waals surface area (Å²) in [5.41, 5.74) is 3.04. The van der Waals surface area contributed by atoms with Crippen LogP contribution in [0.25, 0.3) is 0 Å². The molecule has 196 valence electrons. The zero-order valence-electron chi connectivity index (χ0n) is 21.4. The minimum Gasteiger partial charge on any atom is -0.493 e. The number of benzene rings is 2. The Balaban J connectivity index is 1.68. The van der Waals surface area contributed by atoms with Crippen molar-refractivity contribution in [3.05, 3.63) is 69.3 Å². The van der Waals surface area contributed by atoms with Crippen LogP contribution in [0.2, 0.25) is 0 Å². The van der Waals surface area contributed by atoms with Gasteiger partial charge in [0, 0.05) is 10.2 Å². The maximum atomic E-state index is 13.3. The van der Waals surface area contributed by atoms with Crippen LogP contribution in [0, 0.1) is 0 Å². The van der Waals surface area contributed by atoms with Crippen molar-refractivity contribution in [3.63, 3.8) is 0 Å². The van der Waals surface area contributed by atoms with Gasteiger partial charge in [0.15, 0.2) is 11.5 Å². The van der Waals surface area contributed by atoms with Crippen molar-refractivity contribution in [1.82, 2.24) is 14.8 Å². The van der Waals surface area contributed by atoms with Crippen molar-refractivity contribution in [2.45, 2.75) is 51.4 Å². The van der Waals surface area contributed by atoms with Crippen LogP contribution in [0.1, 0.15) is 50.8 Å². The van der Waals surface area contributed by atoms with Gasteiger partial charge in [0.2, 0.25) is 11.1 Å². The van der Waals surface area contributed by atoms with Gasteiger partial charge in [-0.3, -0.25) is 0 Å². The average molecular weight is 588 g/mol. The van der Waals surface area contributed by atoms with E-state index in [2.05, 4.69) is 33.2 Å². The van der Waals surface area contributed by atoms with Crippen LogP contribution in [0.3, 0.4) is 0 Å². The second-order valence-corrected chi connectivity index (χ2v) is 10.6. The molecule has 0 amide bonds. The highest BCUT2D eigenvalue weighted by atomic mass is 79.9. The van der Waals surface area contributed by atoms with Gasteiger partial charge >= 0.3 is 5.97 Å². The van der Waals surface area contributed by atoms with Gasteiger partial charge in [-0.2, -0.15) is 4.98 Å². The number of carbonyl (C=O) groups excluding carboxylic acids is 1. The zero-order valence-corrected chi connectivity index (χ0v) is 23.8. The number of unbranched alkanes of at least 4 members (excludes halogenated alkanes) is 1. The number of nitrogens with zero attached hydrogens (tertiary/aromatic N) is 3. The molecular formula is C27H31BrN4O4S. The fraction of sp³-hybridized carbons (Fsp3) is 0.370. The molecule has 37 heavy (non-hydrogen) atoms. The number of ether oxygens (including phenoxy) is 3. The summed E-state index contributed by atoms with van der Waals surface area (Å²) in [7, 11) is 1.60. The number of thioether (sulfide) groups is 1. The van der Waals surface area contributed by atoms with Crippen molar-refractivity contribution < 1.29 is 19.0 Å². The monoisotopic (exact) mass is 586 g/mol. The third kappa shape index (κ3) is 6.30. The summed E-state index contributed by atoms with van der Waals surface area (Å²) in [6, 6.07) is 13.1. The highest BCUT2D eigenvalue weighted by molar-refractivity contribution is 9.10. The number of aromatic nitrogens is 3. The van der Waals surface area contributed by atoms with E-state index in [-0.39, 0.29) is 5.97 Å². The second-order valence-electron chi connectivity index (χ2n) is 8.48. The van der Waals surface area contributed by atoms with Crippen LogP contribution in [-0.2, 0) is 16.1 Å². The molecule has 0 aliphatic carbocycles. The third-order valence-electron chi connectivity index (χ3n) is 5.87. The van der Waals surface area contributed by atoms with E-state index in [1.165, 1.54) is 0 Å². The molecule has 2 heterocycles. The van der Waals surface area contributed by atoms with E-state index in [1.807, 2.05) is 56.3 Å². The van der Waals surface area contributed by atoms with E-state index in [4.69, 9.17) is 19.3 Å². The number of methoxy groups -OCH3 is 1. The van der Waals surface area contributed by atoms with Gasteiger partial charge in [-0.15, -0.1) is 5.10 Å². The van der Waals surface area contributed by atoms with Gasteiger partial charge in [0.1, 0.15) is 12.6 Å². The van der Waals surface area contributed by atoms with Crippen molar-refractivity contribution >= 4 is 39.6 Å². The molecule has 10 heteroatoms. The fourth-order valence-corrected chi connectivity index (χ4v) is 4.82. The molecule has 0 saturated carbocycles. The highest BCUT2D eigenvalue weighted by Crippen LogP contribution is 2.40. The Hall–Kier alpha value is -2.98. The smallest absolute Gasteiger partial charge is 0.338 e. The van der Waals surface area contributed by atoms with E-state index in [9.17, 15) is 4.79 Å². The number of rotatable bonds is 11. The Bertz CT molecular complexity index is 1280. The van der Waals surface area contributed by atoms with Gasteiger partial charge in [0.05, 0.1) is 19.3 Å². The molecule has 1 N–H and O–H groups in total. The Morgan fingerprint density at radius 2 is 1.95 bits per heavy atom. The second kappa shape index (κ2) is 12.5. The first-order chi connectivity index (χ1) is 17.9. The summed E-state index contributed by atoms with van der Waals surface area (Å²) in [6.45, 7) is 6.74. The summed E-state index contributed by atoms with van der Waals surface area (Å²) in [5, 5.41) is 8.59. The van der Waals surface area contributed by atoms with Crippen molar-refractivity contribution in [1.29, 1.82) is 0 Å². The number of fused-ring (bicyclic) bond motifs is 1. The van der Waals surface area contributed by atoms with Crippen LogP contribution in [0.4, 0.5) is 5.95 Å². The largest absolute Gasteiger partial charge is 0.493 e. The molecule has 0 radical (unpaired) electrons. The van der Waals surface area contributed by atoms with Crippen LogP contribution < -0.4 is 14.8 Å². The Kier molecular flexibility index (Phi) is 9.15. The zero-order chi connectivity index (χ0) is 26.4. The van der Waals surface area contributed by atoms with Crippen LogP contribution >= 0.6 is 27.7 Å². The van der Waals surface area contributed by atoms with Gasteiger partial charge in [0.25, 0.3) is 0 Å². The Morgan fingerprint density at radius 1 is 1.16 bits per heavy atom. The molecule has 1 atom stereocenters. The standard InChI is InChI=1S/C27H31BrN4O4S/c1-5-7-14-35-25(33)23-17(3)29-26-30-27(37-6-2)31-32(26)24(23)19-10-13-21(22(15-19)34-4)36-16-18-8-11-20(28)12-9-18/h8-13,15,24H,5-7,14,16H2,1-4H3,(H,29,30,31). The lowest BCUT2D eigenvalue weighted by Crippen LogP contribution is -2.29. The number of esters is 1. The SMILES string of the molecule is CCCCOC(=O)C1=C(C)Nc2nc(SCC)nn2C1c1ccc(OCc2ccc(Br)cc2)c(OC)c1. The Morgan fingerprint density at radius 3 is 2.65 bits per heavy atom.